The maximum atomic E-state index is 13.8. The van der Waals surface area contributed by atoms with E-state index < -0.39 is 42.6 Å². The number of para-hydroxylation sites is 1. The number of amides is 4. The normalized spacial score (nSPS) is 17.8. The number of esters is 1. The van der Waals surface area contributed by atoms with E-state index in [4.69, 9.17) is 23.8 Å². The van der Waals surface area contributed by atoms with E-state index in [2.05, 4.69) is 15.7 Å². The molecule has 3 fully saturated rings. The predicted octanol–water partition coefficient (Wildman–Crippen LogP) is 1.60. The first kappa shape index (κ1) is 40.9. The minimum Gasteiger partial charge on any atom is -0.467 e. The number of nitrogens with one attached hydrogen (secondary N) is 2. The standard InChI is InChI=1S/C37H51N7O11/c1-3-52-37(50)55-42-20-18-41(19-21-42)36(49)28(15-16-33(46)53-23-9-22-51-2)39-34(47)29-24-32(44(40-29)27-12-5-4-6-13-27)54-25-31(45)43-17-8-14-30(43)35(48)38-26-10-7-11-26/h4-6,12-13,24,26,28,30H,3,7-11,14-23,25H2,1-2H3,(H,38,48)(H,39,47)/t28-,30-/m0/s1. The lowest BCUT2D eigenvalue weighted by atomic mass is 9.93. The average molecular weight is 770 g/mol. The topological polar surface area (TPSA) is 200 Å². The number of benzene rings is 1. The lowest BCUT2D eigenvalue weighted by Crippen LogP contribution is -2.55. The Labute approximate surface area is 319 Å². The highest BCUT2D eigenvalue weighted by molar-refractivity contribution is 5.96. The van der Waals surface area contributed by atoms with Crippen molar-refractivity contribution in [2.75, 3.05) is 66.3 Å². The SMILES string of the molecule is CCOC(=O)ON1CCN(C(=O)[C@H](CCC(=O)OCCCOC)NC(=O)c2cc(OCC(=O)N3CCC[C@H]3C(=O)NC3CCC3)n(-c3ccccc3)n2)CC1. The molecule has 300 valence electrons. The molecule has 0 bridgehead atoms. The van der Waals surface area contributed by atoms with E-state index in [9.17, 15) is 28.8 Å². The van der Waals surface area contributed by atoms with Crippen LogP contribution < -0.4 is 15.4 Å². The van der Waals surface area contributed by atoms with Crippen LogP contribution in [0.4, 0.5) is 4.79 Å². The smallest absolute Gasteiger partial charge is 0.467 e. The zero-order chi connectivity index (χ0) is 39.2. The maximum absolute atomic E-state index is 13.8. The summed E-state index contributed by atoms with van der Waals surface area (Å²) in [5, 5.41) is 11.6. The Morgan fingerprint density at radius 3 is 2.38 bits per heavy atom. The van der Waals surface area contributed by atoms with Crippen LogP contribution in [0.15, 0.2) is 36.4 Å². The van der Waals surface area contributed by atoms with Crippen molar-refractivity contribution < 1.29 is 52.6 Å². The van der Waals surface area contributed by atoms with Crippen LogP contribution in [0.3, 0.4) is 0 Å². The molecule has 1 saturated carbocycles. The molecule has 18 nitrogen and oxygen atoms in total. The molecule has 2 saturated heterocycles. The number of likely N-dealkylation sites (tertiary alicyclic amines) is 1. The number of hydroxylamine groups is 2. The minimum atomic E-state index is -1.14. The first-order valence-corrected chi connectivity index (χ1v) is 18.9. The largest absolute Gasteiger partial charge is 0.527 e. The summed E-state index contributed by atoms with van der Waals surface area (Å²) < 4.78 is 22.4. The van der Waals surface area contributed by atoms with Gasteiger partial charge in [0.05, 0.1) is 32.0 Å². The van der Waals surface area contributed by atoms with Gasteiger partial charge in [0.15, 0.2) is 12.3 Å². The van der Waals surface area contributed by atoms with Crippen LogP contribution in [0, 0.1) is 0 Å². The molecular formula is C37H51N7O11. The van der Waals surface area contributed by atoms with Gasteiger partial charge in [0.25, 0.3) is 11.8 Å². The van der Waals surface area contributed by atoms with Crippen molar-refractivity contribution in [2.45, 2.75) is 76.4 Å². The maximum Gasteiger partial charge on any atom is 0.527 e. The van der Waals surface area contributed by atoms with Crippen molar-refractivity contribution >= 4 is 35.8 Å². The number of hydrogen-bond acceptors (Lipinski definition) is 13. The molecule has 0 unspecified atom stereocenters. The summed E-state index contributed by atoms with van der Waals surface area (Å²) in [4.78, 5) is 86.5. The quantitative estimate of drug-likeness (QED) is 0.164. The van der Waals surface area contributed by atoms with Crippen molar-refractivity contribution in [2.24, 2.45) is 0 Å². The number of aromatic nitrogens is 2. The molecule has 0 radical (unpaired) electrons. The van der Waals surface area contributed by atoms with Gasteiger partial charge in [-0.3, -0.25) is 24.0 Å². The minimum absolute atomic E-state index is 0.0597. The highest BCUT2D eigenvalue weighted by atomic mass is 16.8. The van der Waals surface area contributed by atoms with E-state index in [1.54, 1.807) is 38.3 Å². The molecule has 1 aliphatic carbocycles. The fourth-order valence-corrected chi connectivity index (χ4v) is 6.42. The summed E-state index contributed by atoms with van der Waals surface area (Å²) in [6.45, 7) is 3.19. The average Bonchev–Trinajstić information content (AvgIpc) is 3.85. The lowest BCUT2D eigenvalue weighted by Gasteiger charge is -2.35. The van der Waals surface area contributed by atoms with Crippen molar-refractivity contribution in [3.05, 3.63) is 42.1 Å². The van der Waals surface area contributed by atoms with E-state index in [1.807, 2.05) is 6.07 Å². The van der Waals surface area contributed by atoms with Gasteiger partial charge in [-0.25, -0.2) is 9.48 Å². The van der Waals surface area contributed by atoms with Crippen molar-refractivity contribution in [3.63, 3.8) is 0 Å². The molecule has 3 aliphatic rings. The summed E-state index contributed by atoms with van der Waals surface area (Å²) in [5.41, 5.74) is 0.451. The van der Waals surface area contributed by atoms with Gasteiger partial charge in [0, 0.05) is 58.3 Å². The van der Waals surface area contributed by atoms with Crippen LogP contribution in [0.1, 0.15) is 68.8 Å². The second-order valence-corrected chi connectivity index (χ2v) is 13.4. The zero-order valence-electron chi connectivity index (χ0n) is 31.4. The number of ether oxygens (including phenoxy) is 4. The van der Waals surface area contributed by atoms with E-state index in [-0.39, 0.29) is 81.7 Å². The van der Waals surface area contributed by atoms with Gasteiger partial charge in [0.2, 0.25) is 17.7 Å². The van der Waals surface area contributed by atoms with Gasteiger partial charge in [-0.05, 0) is 57.6 Å². The predicted molar refractivity (Wildman–Crippen MR) is 194 cm³/mol. The molecule has 1 aromatic carbocycles. The summed E-state index contributed by atoms with van der Waals surface area (Å²) in [5.74, 6) is -2.12. The number of hydrogen-bond donors (Lipinski definition) is 2. The Bertz CT molecular complexity index is 1630. The number of rotatable bonds is 18. The zero-order valence-corrected chi connectivity index (χ0v) is 31.4. The molecule has 2 aliphatic heterocycles. The van der Waals surface area contributed by atoms with Crippen LogP contribution in [0.5, 0.6) is 5.88 Å². The Kier molecular flexibility index (Phi) is 15.2. The highest BCUT2D eigenvalue weighted by Crippen LogP contribution is 2.24. The van der Waals surface area contributed by atoms with Gasteiger partial charge in [-0.2, -0.15) is 5.10 Å². The van der Waals surface area contributed by atoms with Crippen LogP contribution in [0.25, 0.3) is 5.69 Å². The van der Waals surface area contributed by atoms with E-state index in [0.717, 1.165) is 19.3 Å². The molecule has 55 heavy (non-hydrogen) atoms. The molecule has 4 amide bonds. The molecule has 3 heterocycles. The molecule has 1 aromatic heterocycles. The Morgan fingerprint density at radius 2 is 1.69 bits per heavy atom. The third-order valence-electron chi connectivity index (χ3n) is 9.59. The molecule has 18 heteroatoms. The second kappa shape index (κ2) is 20.5. The van der Waals surface area contributed by atoms with Crippen molar-refractivity contribution in [1.29, 1.82) is 0 Å². The molecule has 2 N–H and O–H groups in total. The second-order valence-electron chi connectivity index (χ2n) is 13.4. The Morgan fingerprint density at radius 1 is 0.927 bits per heavy atom. The van der Waals surface area contributed by atoms with Crippen molar-refractivity contribution in [3.8, 4) is 11.6 Å². The summed E-state index contributed by atoms with van der Waals surface area (Å²) in [6, 6.07) is 8.70. The van der Waals surface area contributed by atoms with Crippen molar-refractivity contribution in [1.82, 2.24) is 35.3 Å². The van der Waals surface area contributed by atoms with Crippen LogP contribution in [0.2, 0.25) is 0 Å². The Balaban J connectivity index is 1.27. The van der Waals surface area contributed by atoms with Crippen LogP contribution in [-0.4, -0.2) is 145 Å². The van der Waals surface area contributed by atoms with Gasteiger partial charge in [-0.1, -0.05) is 18.2 Å². The van der Waals surface area contributed by atoms with E-state index in [0.29, 0.717) is 38.1 Å². The fraction of sp³-hybridized carbons (Fsp3) is 0.595. The first-order chi connectivity index (χ1) is 26.7. The van der Waals surface area contributed by atoms with E-state index in [1.165, 1.54) is 25.6 Å². The number of piperazine rings is 1. The van der Waals surface area contributed by atoms with Crippen LogP contribution in [-0.2, 0) is 38.2 Å². The lowest BCUT2D eigenvalue weighted by molar-refractivity contribution is -0.157. The van der Waals surface area contributed by atoms with Crippen LogP contribution >= 0.6 is 0 Å². The van der Waals surface area contributed by atoms with Gasteiger partial charge in [0.1, 0.15) is 12.1 Å². The molecule has 2 aromatic rings. The molecule has 2 atom stereocenters. The summed E-state index contributed by atoms with van der Waals surface area (Å²) in [7, 11) is 1.54. The summed E-state index contributed by atoms with van der Waals surface area (Å²) in [6.07, 6.45) is 3.68. The van der Waals surface area contributed by atoms with Gasteiger partial charge < -0.3 is 44.2 Å². The van der Waals surface area contributed by atoms with E-state index >= 15 is 0 Å². The monoisotopic (exact) mass is 769 g/mol. The third-order valence-corrected chi connectivity index (χ3v) is 9.59. The number of carbonyl (C=O) groups excluding carboxylic acids is 6. The highest BCUT2D eigenvalue weighted by Gasteiger charge is 2.36. The molecular weight excluding hydrogens is 718 g/mol. The number of methoxy groups -OCH3 is 1. The Hall–Kier alpha value is -5.23. The third kappa shape index (κ3) is 11.6. The van der Waals surface area contributed by atoms with Gasteiger partial charge in [-0.15, -0.1) is 5.06 Å². The summed E-state index contributed by atoms with van der Waals surface area (Å²) >= 11 is 0. The number of nitrogens with zero attached hydrogens (tertiary/aromatic N) is 5. The van der Waals surface area contributed by atoms with Gasteiger partial charge >= 0.3 is 12.1 Å². The molecule has 0 spiro atoms. The first-order valence-electron chi connectivity index (χ1n) is 18.9. The molecule has 5 rings (SSSR count). The number of carbonyl (C=O) groups is 6. The fourth-order valence-electron chi connectivity index (χ4n) is 6.42.